The van der Waals surface area contributed by atoms with Crippen LogP contribution in [0.15, 0.2) is 30.3 Å². The highest BCUT2D eigenvalue weighted by Gasteiger charge is 2.22. The molecular formula is C14H20N2O3. The molecule has 0 aliphatic heterocycles. The van der Waals surface area contributed by atoms with E-state index in [9.17, 15) is 14.7 Å². The van der Waals surface area contributed by atoms with E-state index in [1.807, 2.05) is 13.8 Å². The molecule has 5 nitrogen and oxygen atoms in total. The number of amides is 2. The molecule has 0 saturated carbocycles. The summed E-state index contributed by atoms with van der Waals surface area (Å²) in [6.45, 7) is 3.95. The summed E-state index contributed by atoms with van der Waals surface area (Å²) in [6, 6.07) is 7.21. The summed E-state index contributed by atoms with van der Waals surface area (Å²) in [5, 5.41) is 14.4. The van der Waals surface area contributed by atoms with Gasteiger partial charge in [0, 0.05) is 6.04 Å². The van der Waals surface area contributed by atoms with Gasteiger partial charge >= 0.3 is 12.0 Å². The van der Waals surface area contributed by atoms with Gasteiger partial charge in [-0.1, -0.05) is 44.2 Å². The van der Waals surface area contributed by atoms with Crippen LogP contribution in [0.3, 0.4) is 0 Å². The van der Waals surface area contributed by atoms with E-state index in [2.05, 4.69) is 10.6 Å². The molecular weight excluding hydrogens is 244 g/mol. The topological polar surface area (TPSA) is 78.4 Å². The van der Waals surface area contributed by atoms with Crippen molar-refractivity contribution in [3.63, 3.8) is 0 Å². The highest BCUT2D eigenvalue weighted by Crippen LogP contribution is 2.12. The van der Waals surface area contributed by atoms with E-state index in [0.717, 1.165) is 12.8 Å². The third-order valence-electron chi connectivity index (χ3n) is 2.98. The van der Waals surface area contributed by atoms with Gasteiger partial charge in [-0.3, -0.25) is 0 Å². The smallest absolute Gasteiger partial charge is 0.330 e. The molecule has 0 aliphatic rings. The number of hydrogen-bond acceptors (Lipinski definition) is 2. The van der Waals surface area contributed by atoms with Crippen LogP contribution >= 0.6 is 0 Å². The molecule has 3 N–H and O–H groups in total. The van der Waals surface area contributed by atoms with Crippen molar-refractivity contribution in [1.82, 2.24) is 10.6 Å². The average molecular weight is 264 g/mol. The van der Waals surface area contributed by atoms with Crippen LogP contribution in [0.25, 0.3) is 0 Å². The molecule has 1 aromatic rings. The Labute approximate surface area is 113 Å². The monoisotopic (exact) mass is 264 g/mol. The quantitative estimate of drug-likeness (QED) is 0.737. The van der Waals surface area contributed by atoms with Crippen LogP contribution in [0.1, 0.15) is 38.3 Å². The van der Waals surface area contributed by atoms with Crippen LogP contribution in [0.4, 0.5) is 4.79 Å². The zero-order chi connectivity index (χ0) is 14.3. The van der Waals surface area contributed by atoms with Gasteiger partial charge < -0.3 is 15.7 Å². The molecule has 0 unspecified atom stereocenters. The van der Waals surface area contributed by atoms with E-state index in [1.165, 1.54) is 0 Å². The van der Waals surface area contributed by atoms with Crippen molar-refractivity contribution in [2.24, 2.45) is 0 Å². The largest absolute Gasteiger partial charge is 0.479 e. The molecule has 0 radical (unpaired) electrons. The maximum Gasteiger partial charge on any atom is 0.330 e. The lowest BCUT2D eigenvalue weighted by molar-refractivity contribution is -0.139. The highest BCUT2D eigenvalue weighted by molar-refractivity contribution is 5.83. The Morgan fingerprint density at radius 1 is 1.11 bits per heavy atom. The number of aliphatic carboxylic acids is 1. The number of hydrogen-bond donors (Lipinski definition) is 3. The number of carbonyl (C=O) groups is 2. The minimum atomic E-state index is -1.08. The van der Waals surface area contributed by atoms with Crippen molar-refractivity contribution < 1.29 is 14.7 Å². The summed E-state index contributed by atoms with van der Waals surface area (Å²) in [7, 11) is 0. The minimum absolute atomic E-state index is 0.0604. The maximum absolute atomic E-state index is 11.8. The van der Waals surface area contributed by atoms with E-state index < -0.39 is 18.0 Å². The Bertz CT molecular complexity index is 416. The van der Waals surface area contributed by atoms with Gasteiger partial charge in [0.15, 0.2) is 6.04 Å². The van der Waals surface area contributed by atoms with Crippen molar-refractivity contribution in [2.45, 2.75) is 38.8 Å². The Kier molecular flexibility index (Phi) is 5.85. The number of carbonyl (C=O) groups excluding carboxylic acids is 1. The molecule has 0 aromatic heterocycles. The van der Waals surface area contributed by atoms with Crippen LogP contribution < -0.4 is 10.6 Å². The third-order valence-corrected chi connectivity index (χ3v) is 2.98. The second kappa shape index (κ2) is 7.41. The van der Waals surface area contributed by atoms with E-state index >= 15 is 0 Å². The van der Waals surface area contributed by atoms with Crippen molar-refractivity contribution in [2.75, 3.05) is 0 Å². The van der Waals surface area contributed by atoms with Gasteiger partial charge in [0.25, 0.3) is 0 Å². The minimum Gasteiger partial charge on any atom is -0.479 e. The van der Waals surface area contributed by atoms with E-state index in [4.69, 9.17) is 0 Å². The van der Waals surface area contributed by atoms with Crippen molar-refractivity contribution in [3.05, 3.63) is 35.9 Å². The molecule has 0 saturated heterocycles. The molecule has 0 bridgehead atoms. The van der Waals surface area contributed by atoms with Crippen molar-refractivity contribution >= 4 is 12.0 Å². The van der Waals surface area contributed by atoms with Gasteiger partial charge in [0.1, 0.15) is 0 Å². The summed E-state index contributed by atoms with van der Waals surface area (Å²) >= 11 is 0. The summed E-state index contributed by atoms with van der Waals surface area (Å²) in [6.07, 6.45) is 1.62. The molecule has 1 atom stereocenters. The number of benzene rings is 1. The first kappa shape index (κ1) is 15.0. The van der Waals surface area contributed by atoms with Crippen molar-refractivity contribution in [1.29, 1.82) is 0 Å². The molecule has 5 heteroatoms. The van der Waals surface area contributed by atoms with Gasteiger partial charge in [-0.05, 0) is 18.4 Å². The van der Waals surface area contributed by atoms with Crippen LogP contribution in [0.5, 0.6) is 0 Å². The highest BCUT2D eigenvalue weighted by atomic mass is 16.4. The molecule has 0 aliphatic carbocycles. The van der Waals surface area contributed by atoms with Crippen LogP contribution in [0, 0.1) is 0 Å². The standard InChI is InChI=1S/C14H20N2O3/c1-3-11(4-2)15-14(19)16-12(13(17)18)10-8-6-5-7-9-10/h5-9,11-12H,3-4H2,1-2H3,(H,17,18)(H2,15,16,19)/t12-/m1/s1. The molecule has 1 rings (SSSR count). The van der Waals surface area contributed by atoms with E-state index in [1.54, 1.807) is 30.3 Å². The lowest BCUT2D eigenvalue weighted by atomic mass is 10.1. The van der Waals surface area contributed by atoms with Gasteiger partial charge in [-0.15, -0.1) is 0 Å². The first-order valence-corrected chi connectivity index (χ1v) is 6.43. The van der Waals surface area contributed by atoms with Crippen LogP contribution in [-0.2, 0) is 4.79 Å². The maximum atomic E-state index is 11.8. The second-order valence-corrected chi connectivity index (χ2v) is 4.31. The Hall–Kier alpha value is -2.04. The predicted molar refractivity (Wildman–Crippen MR) is 72.9 cm³/mol. The average Bonchev–Trinajstić information content (AvgIpc) is 2.42. The molecule has 0 fully saturated rings. The fourth-order valence-electron chi connectivity index (χ4n) is 1.78. The van der Waals surface area contributed by atoms with E-state index in [0.29, 0.717) is 5.56 Å². The zero-order valence-electron chi connectivity index (χ0n) is 11.2. The van der Waals surface area contributed by atoms with Crippen LogP contribution in [-0.4, -0.2) is 23.1 Å². The number of rotatable bonds is 6. The number of carboxylic acids is 1. The first-order chi connectivity index (χ1) is 9.08. The summed E-state index contributed by atoms with van der Waals surface area (Å²) in [4.78, 5) is 23.0. The van der Waals surface area contributed by atoms with Gasteiger partial charge in [-0.2, -0.15) is 0 Å². The number of carboxylic acid groups (broad SMARTS) is 1. The summed E-state index contributed by atoms with van der Waals surface area (Å²) < 4.78 is 0. The van der Waals surface area contributed by atoms with Crippen LogP contribution in [0.2, 0.25) is 0 Å². The van der Waals surface area contributed by atoms with Gasteiger partial charge in [0.05, 0.1) is 0 Å². The lowest BCUT2D eigenvalue weighted by Gasteiger charge is -2.19. The second-order valence-electron chi connectivity index (χ2n) is 4.31. The molecule has 0 heterocycles. The summed E-state index contributed by atoms with van der Waals surface area (Å²) in [5.74, 6) is -1.08. The summed E-state index contributed by atoms with van der Waals surface area (Å²) in [5.41, 5.74) is 0.551. The zero-order valence-corrected chi connectivity index (χ0v) is 11.2. The van der Waals surface area contributed by atoms with Gasteiger partial charge in [-0.25, -0.2) is 9.59 Å². The Balaban J connectivity index is 2.70. The molecule has 0 spiro atoms. The fourth-order valence-corrected chi connectivity index (χ4v) is 1.78. The fraction of sp³-hybridized carbons (Fsp3) is 0.429. The molecule has 1 aromatic carbocycles. The number of nitrogens with one attached hydrogen (secondary N) is 2. The number of urea groups is 1. The SMILES string of the molecule is CCC(CC)NC(=O)N[C@@H](C(=O)O)c1ccccc1. The van der Waals surface area contributed by atoms with E-state index in [-0.39, 0.29) is 6.04 Å². The Morgan fingerprint density at radius 3 is 2.16 bits per heavy atom. The molecule has 19 heavy (non-hydrogen) atoms. The van der Waals surface area contributed by atoms with Crippen molar-refractivity contribution in [3.8, 4) is 0 Å². The van der Waals surface area contributed by atoms with Gasteiger partial charge in [0.2, 0.25) is 0 Å². The predicted octanol–water partition coefficient (Wildman–Crippen LogP) is 2.30. The first-order valence-electron chi connectivity index (χ1n) is 6.43. The molecule has 104 valence electrons. The molecule has 2 amide bonds. The Morgan fingerprint density at radius 2 is 1.68 bits per heavy atom. The normalized spacial score (nSPS) is 11.9. The lowest BCUT2D eigenvalue weighted by Crippen LogP contribution is -2.44. The third kappa shape index (κ3) is 4.62.